The maximum atomic E-state index is 11.3. The summed E-state index contributed by atoms with van der Waals surface area (Å²) < 4.78 is 0. The highest BCUT2D eigenvalue weighted by Crippen LogP contribution is 2.18. The number of nitro groups is 1. The van der Waals surface area contributed by atoms with E-state index < -0.39 is 4.92 Å². The lowest BCUT2D eigenvalue weighted by Gasteiger charge is -2.01. The van der Waals surface area contributed by atoms with Crippen molar-refractivity contribution >= 4 is 5.69 Å². The number of nitro benzene ring substituents is 1. The zero-order valence-corrected chi connectivity index (χ0v) is 9.01. The first-order valence-corrected chi connectivity index (χ1v) is 4.89. The molecule has 0 unspecified atom stereocenters. The number of rotatable bonds is 2. The number of aromatic nitrogens is 2. The second kappa shape index (κ2) is 4.17. The minimum atomic E-state index is -0.476. The Morgan fingerprint density at radius 2 is 1.94 bits per heavy atom. The van der Waals surface area contributed by atoms with Gasteiger partial charge in [-0.15, -0.1) is 0 Å². The smallest absolute Gasteiger partial charge is 0.269 e. The summed E-state index contributed by atoms with van der Waals surface area (Å²) in [6.07, 6.45) is 0. The molecule has 0 radical (unpaired) electrons. The van der Waals surface area contributed by atoms with Gasteiger partial charge in [-0.25, -0.2) is 4.98 Å². The van der Waals surface area contributed by atoms with Crippen molar-refractivity contribution in [2.45, 2.75) is 6.92 Å². The predicted octanol–water partition coefficient (Wildman–Crippen LogP) is 1.65. The summed E-state index contributed by atoms with van der Waals surface area (Å²) in [5, 5.41) is 10.5. The maximum absolute atomic E-state index is 11.3. The van der Waals surface area contributed by atoms with Crippen molar-refractivity contribution in [3.63, 3.8) is 0 Å². The van der Waals surface area contributed by atoms with Crippen LogP contribution in [0.25, 0.3) is 11.4 Å². The third-order valence-corrected chi connectivity index (χ3v) is 2.22. The Bertz CT molecular complexity index is 617. The first-order chi connectivity index (χ1) is 8.06. The van der Waals surface area contributed by atoms with E-state index in [1.54, 1.807) is 19.1 Å². The summed E-state index contributed by atoms with van der Waals surface area (Å²) in [5.41, 5.74) is 0.994. The molecule has 1 heterocycles. The monoisotopic (exact) mass is 231 g/mol. The van der Waals surface area contributed by atoms with E-state index in [0.29, 0.717) is 17.1 Å². The molecule has 6 nitrogen and oxygen atoms in total. The van der Waals surface area contributed by atoms with E-state index in [1.807, 2.05) is 0 Å². The van der Waals surface area contributed by atoms with Gasteiger partial charge in [-0.3, -0.25) is 14.9 Å². The Hall–Kier alpha value is -2.50. The van der Waals surface area contributed by atoms with Crippen LogP contribution in [0.4, 0.5) is 5.69 Å². The number of aromatic amines is 1. The number of non-ortho nitro benzene ring substituents is 1. The largest absolute Gasteiger partial charge is 0.307 e. The number of nitrogens with one attached hydrogen (secondary N) is 1. The molecule has 0 aliphatic heterocycles. The summed E-state index contributed by atoms with van der Waals surface area (Å²) >= 11 is 0. The molecule has 0 saturated carbocycles. The molecule has 1 aromatic heterocycles. The average Bonchev–Trinajstić information content (AvgIpc) is 2.28. The van der Waals surface area contributed by atoms with E-state index in [9.17, 15) is 14.9 Å². The lowest BCUT2D eigenvalue weighted by Crippen LogP contribution is -2.08. The molecular weight excluding hydrogens is 222 g/mol. The fraction of sp³-hybridized carbons (Fsp3) is 0.0909. The van der Waals surface area contributed by atoms with Crippen molar-refractivity contribution in [1.82, 2.24) is 9.97 Å². The molecule has 86 valence electrons. The van der Waals surface area contributed by atoms with Crippen molar-refractivity contribution in [1.29, 1.82) is 0 Å². The standard InChI is InChI=1S/C11H9N3O3/c1-7-6-10(15)13-11(12-7)8-2-4-9(5-3-8)14(16)17/h2-6H,1H3,(H,12,13,15). The number of nitrogens with zero attached hydrogens (tertiary/aromatic N) is 2. The Morgan fingerprint density at radius 3 is 2.47 bits per heavy atom. The van der Waals surface area contributed by atoms with Crippen LogP contribution in [0.1, 0.15) is 5.69 Å². The molecule has 1 aromatic carbocycles. The summed E-state index contributed by atoms with van der Waals surface area (Å²) in [7, 11) is 0. The van der Waals surface area contributed by atoms with E-state index >= 15 is 0 Å². The van der Waals surface area contributed by atoms with Crippen molar-refractivity contribution in [2.24, 2.45) is 0 Å². The average molecular weight is 231 g/mol. The van der Waals surface area contributed by atoms with E-state index in [0.717, 1.165) is 0 Å². The van der Waals surface area contributed by atoms with E-state index in [2.05, 4.69) is 9.97 Å². The Kier molecular flexibility index (Phi) is 2.70. The molecule has 2 rings (SSSR count). The van der Waals surface area contributed by atoms with Gasteiger partial charge in [-0.2, -0.15) is 0 Å². The fourth-order valence-corrected chi connectivity index (χ4v) is 1.46. The SMILES string of the molecule is Cc1cc(=O)[nH]c(-c2ccc([N+](=O)[O-])cc2)n1. The summed E-state index contributed by atoms with van der Waals surface area (Å²) in [5.74, 6) is 0.407. The second-order valence-corrected chi connectivity index (χ2v) is 3.54. The molecule has 0 amide bonds. The Balaban J connectivity index is 2.46. The molecule has 0 fully saturated rings. The van der Waals surface area contributed by atoms with E-state index in [4.69, 9.17) is 0 Å². The number of hydrogen-bond acceptors (Lipinski definition) is 4. The van der Waals surface area contributed by atoms with Gasteiger partial charge in [-0.1, -0.05) is 0 Å². The number of aryl methyl sites for hydroxylation is 1. The van der Waals surface area contributed by atoms with Gasteiger partial charge in [0, 0.05) is 29.5 Å². The molecule has 0 atom stereocenters. The van der Waals surface area contributed by atoms with Crippen LogP contribution < -0.4 is 5.56 Å². The normalized spacial score (nSPS) is 10.2. The number of benzene rings is 1. The molecule has 17 heavy (non-hydrogen) atoms. The number of H-pyrrole nitrogens is 1. The van der Waals surface area contributed by atoms with E-state index in [-0.39, 0.29) is 11.2 Å². The van der Waals surface area contributed by atoms with Gasteiger partial charge in [-0.05, 0) is 19.1 Å². The minimum Gasteiger partial charge on any atom is -0.307 e. The molecule has 0 spiro atoms. The highest BCUT2D eigenvalue weighted by molar-refractivity contribution is 5.57. The van der Waals surface area contributed by atoms with Gasteiger partial charge >= 0.3 is 0 Å². The molecule has 2 aromatic rings. The maximum Gasteiger partial charge on any atom is 0.269 e. The van der Waals surface area contributed by atoms with Gasteiger partial charge in [0.2, 0.25) is 0 Å². The van der Waals surface area contributed by atoms with Gasteiger partial charge in [0.05, 0.1) is 4.92 Å². The van der Waals surface area contributed by atoms with Crippen LogP contribution in [0.3, 0.4) is 0 Å². The first-order valence-electron chi connectivity index (χ1n) is 4.89. The topological polar surface area (TPSA) is 88.9 Å². The van der Waals surface area contributed by atoms with Crippen molar-refractivity contribution in [3.8, 4) is 11.4 Å². The highest BCUT2D eigenvalue weighted by atomic mass is 16.6. The molecule has 1 N–H and O–H groups in total. The lowest BCUT2D eigenvalue weighted by molar-refractivity contribution is -0.384. The Morgan fingerprint density at radius 1 is 1.29 bits per heavy atom. The zero-order chi connectivity index (χ0) is 12.4. The molecule has 6 heteroatoms. The molecule has 0 saturated heterocycles. The summed E-state index contributed by atoms with van der Waals surface area (Å²) in [6, 6.07) is 7.23. The van der Waals surface area contributed by atoms with Crippen LogP contribution >= 0.6 is 0 Å². The van der Waals surface area contributed by atoms with Crippen LogP contribution in [0.15, 0.2) is 35.1 Å². The number of hydrogen-bond donors (Lipinski definition) is 1. The van der Waals surface area contributed by atoms with Gasteiger partial charge in [0.25, 0.3) is 11.2 Å². The highest BCUT2D eigenvalue weighted by Gasteiger charge is 2.06. The quantitative estimate of drug-likeness (QED) is 0.628. The Labute approximate surface area is 96.1 Å². The molecule has 0 aliphatic rings. The summed E-state index contributed by atoms with van der Waals surface area (Å²) in [4.78, 5) is 28.0. The minimum absolute atomic E-state index is 0.00347. The third kappa shape index (κ3) is 2.36. The van der Waals surface area contributed by atoms with Crippen LogP contribution in [0.2, 0.25) is 0 Å². The lowest BCUT2D eigenvalue weighted by atomic mass is 10.2. The van der Waals surface area contributed by atoms with Crippen LogP contribution in [0.5, 0.6) is 0 Å². The fourth-order valence-electron chi connectivity index (χ4n) is 1.46. The summed E-state index contributed by atoms with van der Waals surface area (Å²) in [6.45, 7) is 1.71. The zero-order valence-electron chi connectivity index (χ0n) is 9.01. The molecule has 0 aliphatic carbocycles. The first kappa shape index (κ1) is 11.0. The van der Waals surface area contributed by atoms with Crippen LogP contribution in [-0.2, 0) is 0 Å². The third-order valence-electron chi connectivity index (χ3n) is 2.22. The van der Waals surface area contributed by atoms with Gasteiger partial charge in [0.15, 0.2) is 0 Å². The van der Waals surface area contributed by atoms with Crippen LogP contribution in [0, 0.1) is 17.0 Å². The van der Waals surface area contributed by atoms with Crippen LogP contribution in [-0.4, -0.2) is 14.9 Å². The van der Waals surface area contributed by atoms with Gasteiger partial charge < -0.3 is 4.98 Å². The van der Waals surface area contributed by atoms with Gasteiger partial charge in [0.1, 0.15) is 5.82 Å². The van der Waals surface area contributed by atoms with Crippen molar-refractivity contribution in [3.05, 3.63) is 56.5 Å². The second-order valence-electron chi connectivity index (χ2n) is 3.54. The molecular formula is C11H9N3O3. The van der Waals surface area contributed by atoms with Crippen molar-refractivity contribution in [2.75, 3.05) is 0 Å². The van der Waals surface area contributed by atoms with Crippen molar-refractivity contribution < 1.29 is 4.92 Å². The molecule has 0 bridgehead atoms. The predicted molar refractivity (Wildman–Crippen MR) is 61.7 cm³/mol. The van der Waals surface area contributed by atoms with E-state index in [1.165, 1.54) is 18.2 Å².